The maximum Gasteiger partial charge on any atom is 0.246 e. The van der Waals surface area contributed by atoms with Crippen LogP contribution in [0.4, 0.5) is 0 Å². The van der Waals surface area contributed by atoms with Gasteiger partial charge in [-0.2, -0.15) is 0 Å². The molecule has 137 heavy (non-hydrogen) atoms. The topological polar surface area (TPSA) is 622 Å². The monoisotopic (exact) mass is 1920 g/mol. The van der Waals surface area contributed by atoms with E-state index in [2.05, 4.69) is 62.8 Å². The largest absolute Gasteiger partial charge is 0.508 e. The number of aromatic nitrogens is 3. The first kappa shape index (κ1) is 107. The van der Waals surface area contributed by atoms with Gasteiger partial charge >= 0.3 is 0 Å². The van der Waals surface area contributed by atoms with Gasteiger partial charge < -0.3 is 115 Å². The van der Waals surface area contributed by atoms with E-state index in [4.69, 9.17) is 22.6 Å². The van der Waals surface area contributed by atoms with Crippen molar-refractivity contribution >= 4 is 140 Å². The average Bonchev–Trinajstić information content (AvgIpc) is 1.67. The molecular weight excluding hydrogens is 1790 g/mol. The fraction of sp³-hybridized carbons (Fsp3) is 0.526. The summed E-state index contributed by atoms with van der Waals surface area (Å²) in [4.78, 5) is 268. The third-order valence-electron chi connectivity index (χ3n) is 25.1. The van der Waals surface area contributed by atoms with E-state index in [9.17, 15) is 58.5 Å². The van der Waals surface area contributed by atoms with E-state index in [-0.39, 0.29) is 102 Å². The Balaban J connectivity index is 1.11. The summed E-state index contributed by atoms with van der Waals surface area (Å²) in [6, 6.07) is 4.90. The quantitative estimate of drug-likeness (QED) is 0.0192. The van der Waals surface area contributed by atoms with Gasteiger partial charge in [0.05, 0.1) is 37.5 Å². The minimum atomic E-state index is -1.78. The molecule has 9 rings (SSSR count). The number of thioether (sulfide) groups is 1. The van der Waals surface area contributed by atoms with E-state index in [0.717, 1.165) is 26.5 Å². The molecule has 0 aliphatic carbocycles. The Morgan fingerprint density at radius 3 is 1.76 bits per heavy atom. The predicted molar refractivity (Wildman–Crippen MR) is 508 cm³/mol. The molecule has 3 aliphatic rings. The Morgan fingerprint density at radius 1 is 0.562 bits per heavy atom. The molecule has 3 aromatic heterocycles. The number of unbranched alkanes of at least 4 members (excludes halogenated alkanes) is 2. The number of aromatic hydroxyl groups is 1. The van der Waals surface area contributed by atoms with Crippen molar-refractivity contribution in [1.29, 1.82) is 5.41 Å². The van der Waals surface area contributed by atoms with E-state index >= 15 is 38.4 Å². The van der Waals surface area contributed by atoms with Gasteiger partial charge in [-0.15, -0.1) is 11.8 Å². The minimum Gasteiger partial charge on any atom is -0.508 e. The van der Waals surface area contributed by atoms with Gasteiger partial charge in [0, 0.05) is 137 Å². The van der Waals surface area contributed by atoms with Crippen LogP contribution in [0.5, 0.6) is 5.75 Å². The summed E-state index contributed by atoms with van der Waals surface area (Å²) in [6.45, 7) is 6.24. The number of carbonyl (C=O) groups excluding carboxylic acids is 17. The number of likely N-dealkylation sites (N-methyl/N-ethyl adjacent to an activating group) is 3. The molecule has 0 spiro atoms. The van der Waals surface area contributed by atoms with Crippen LogP contribution >= 0.6 is 11.8 Å². The molecule has 3 saturated heterocycles. The number of aromatic amines is 2. The SMILES string of the molecule is CCCC[C@H]1C(=O)N(C)[C@@H](CCCC)C(=O)N[C@@H](CCCNC(=N)N)C(=O)N[C@H](C(=O)NCC(N)=O)CSCC(=O)N[C@@H](Cc2ccc(O)cc2)C(=O)N(C)[C@@H](C)C(=O)N[C@@H](CC(N)=O)C(=O)N2CCC[C@H]2C(=O)N[C@@H](Cc2cccnc2)C(=O)N[C@@H](CC(C)C)C(=O)N2C[C@H](O)C[C@H]2C(=O)C[C@@H](Cc2c[nH]c3ccccc23)C(=O)N[C@@H](CO)C(=O)C[C@@H](Cc2c[nH]c3ccccc23)C(=O)N1C. The van der Waals surface area contributed by atoms with Crippen molar-refractivity contribution in [3.05, 3.63) is 132 Å². The number of phenolic OH excluding ortho intramolecular Hbond substituents is 1. The number of amides is 15. The van der Waals surface area contributed by atoms with Crippen LogP contribution in [0.15, 0.2) is 110 Å². The summed E-state index contributed by atoms with van der Waals surface area (Å²) < 4.78 is 0. The van der Waals surface area contributed by atoms with Crippen LogP contribution in [-0.2, 0) is 107 Å². The standard InChI is InChI=1S/C95H131N21O20S/c1-9-11-26-74-88(130)106-67(25-18-34-101-95(98)99)86(128)111-73(85(127)104-48-81(97)123)51-137-52-82(124)105-70(37-55-29-31-61(118)32-30-55)91(133)112(6)54(5)83(125)108-71(44-80(96)122)92(134)115-35-19-28-75(115)89(131)107-68(38-56-20-17-33-100-45-56)87(129)109-69(36-53(3)4)93(135)116-49-62(119)43-77(116)79(121)41-57(39-59-46-102-65-23-15-13-21-63(59)65)84(126)110-72(50-117)78(120)42-58(40-60-47-103-66-24-16-14-22-64(60)66)90(132)114(8)76(27-12-10-2)94(136)113(74)7/h13-17,20-24,29-33,45-47,53-54,57-58,62,67-77,102-103,117-119H,9-12,18-19,25-28,34-44,48-52H2,1-8H3,(H2,96,122)(H2,97,123)(H,104,127)(H,105,124)(H,106,130)(H,107,131)(H,108,125)(H,109,129)(H,110,126)(H,111,128)(H4,98,99,101)/t54-,57+,58+,62+,67-,68-,69-,70-,71-,72-,73-,74-,75-,76-,77-/m0/s1. The molecule has 3 aromatic carbocycles. The number of para-hydroxylation sites is 2. The molecule has 15 atom stereocenters. The van der Waals surface area contributed by atoms with Crippen LogP contribution < -0.4 is 65.1 Å². The number of pyridine rings is 1. The maximum atomic E-state index is 15.8. The number of H-pyrrole nitrogens is 2. The molecule has 0 saturated carbocycles. The molecule has 21 N–H and O–H groups in total. The highest BCUT2D eigenvalue weighted by molar-refractivity contribution is 8.00. The number of hydrogen-bond acceptors (Lipinski definition) is 23. The number of benzene rings is 3. The number of primary amides is 2. The zero-order chi connectivity index (χ0) is 100. The molecule has 0 bridgehead atoms. The summed E-state index contributed by atoms with van der Waals surface area (Å²) in [5, 5.41) is 66.2. The summed E-state index contributed by atoms with van der Waals surface area (Å²) in [5.41, 5.74) is 20.1. The summed E-state index contributed by atoms with van der Waals surface area (Å²) in [5.74, 6) is -19.7. The Kier molecular flexibility index (Phi) is 40.4. The van der Waals surface area contributed by atoms with Crippen molar-refractivity contribution in [3.63, 3.8) is 0 Å². The fourth-order valence-electron chi connectivity index (χ4n) is 17.5. The second-order valence-electron chi connectivity index (χ2n) is 35.9. The van der Waals surface area contributed by atoms with Crippen LogP contribution in [0, 0.1) is 23.2 Å². The van der Waals surface area contributed by atoms with Crippen molar-refractivity contribution in [1.82, 2.24) is 87.3 Å². The zero-order valence-corrected chi connectivity index (χ0v) is 79.4. The first-order valence-electron chi connectivity index (χ1n) is 46.4. The van der Waals surface area contributed by atoms with Crippen LogP contribution in [0.1, 0.15) is 153 Å². The summed E-state index contributed by atoms with van der Waals surface area (Å²) >= 11 is 0.767. The van der Waals surface area contributed by atoms with E-state index in [1.54, 1.807) is 80.8 Å². The van der Waals surface area contributed by atoms with E-state index in [1.165, 1.54) is 74.5 Å². The van der Waals surface area contributed by atoms with Gasteiger partial charge in [-0.3, -0.25) is 91.9 Å². The number of nitrogens with zero attached hydrogens (tertiary/aromatic N) is 6. The Hall–Kier alpha value is -13.4. The van der Waals surface area contributed by atoms with Gasteiger partial charge in [0.15, 0.2) is 17.5 Å². The molecule has 0 radical (unpaired) electrons. The van der Waals surface area contributed by atoms with Crippen LogP contribution in [-0.4, -0.2) is 305 Å². The second kappa shape index (κ2) is 51.5. The third-order valence-corrected chi connectivity index (χ3v) is 26.1. The van der Waals surface area contributed by atoms with Crippen molar-refractivity contribution in [2.75, 3.05) is 65.4 Å². The normalized spacial score (nSPS) is 24.7. The molecule has 6 heterocycles. The lowest BCUT2D eigenvalue weighted by Crippen LogP contribution is -2.60. The van der Waals surface area contributed by atoms with Crippen LogP contribution in [0.25, 0.3) is 21.8 Å². The van der Waals surface area contributed by atoms with Crippen molar-refractivity contribution < 1.29 is 96.8 Å². The minimum absolute atomic E-state index is 0.00526. The number of fused-ring (bicyclic) bond motifs is 4. The highest BCUT2D eigenvalue weighted by atomic mass is 32.2. The summed E-state index contributed by atoms with van der Waals surface area (Å²) in [7, 11) is 3.98. The predicted octanol–water partition coefficient (Wildman–Crippen LogP) is -0.0757. The molecule has 742 valence electrons. The lowest BCUT2D eigenvalue weighted by atomic mass is 9.88. The molecule has 0 unspecified atom stereocenters. The lowest BCUT2D eigenvalue weighted by molar-refractivity contribution is -0.150. The number of hydrogen-bond donors (Lipinski definition) is 18. The van der Waals surface area contributed by atoms with Gasteiger partial charge in [-0.1, -0.05) is 108 Å². The second-order valence-corrected chi connectivity index (χ2v) is 36.9. The molecule has 3 fully saturated rings. The first-order chi connectivity index (χ1) is 65.3. The smallest absolute Gasteiger partial charge is 0.246 e. The van der Waals surface area contributed by atoms with E-state index in [0.29, 0.717) is 69.7 Å². The third kappa shape index (κ3) is 30.3. The highest BCUT2D eigenvalue weighted by Gasteiger charge is 2.47. The number of guanidine groups is 1. The van der Waals surface area contributed by atoms with Crippen LogP contribution in [0.3, 0.4) is 0 Å². The Bertz CT molecular complexity index is 5290. The zero-order valence-electron chi connectivity index (χ0n) is 78.6. The lowest BCUT2D eigenvalue weighted by Gasteiger charge is -2.36. The Labute approximate surface area is 798 Å². The molecule has 42 heteroatoms. The molecule has 41 nitrogen and oxygen atoms in total. The number of nitrogens with one attached hydrogen (secondary N) is 12. The molecule has 6 aromatic rings. The maximum absolute atomic E-state index is 15.8. The van der Waals surface area contributed by atoms with Crippen molar-refractivity contribution in [2.24, 2.45) is 35.0 Å². The first-order valence-corrected chi connectivity index (χ1v) is 47.6. The summed E-state index contributed by atoms with van der Waals surface area (Å²) in [6.07, 6.45) is 3.30. The van der Waals surface area contributed by atoms with Gasteiger partial charge in [-0.05, 0) is 123 Å². The number of aliphatic hydroxyl groups is 2. The number of ketones is 2. The van der Waals surface area contributed by atoms with E-state index in [1.807, 2.05) is 19.9 Å². The number of Topliss-reactive ketones (excluding diaryl/α,β-unsaturated/α-hetero) is 2. The fourth-order valence-corrected chi connectivity index (χ4v) is 18.3. The van der Waals surface area contributed by atoms with Gasteiger partial charge in [0.1, 0.15) is 72.2 Å². The van der Waals surface area contributed by atoms with Crippen molar-refractivity contribution in [3.8, 4) is 5.75 Å². The number of nitrogens with two attached hydrogens (primary N) is 3. The number of phenols is 1. The number of rotatable bonds is 26. The van der Waals surface area contributed by atoms with Crippen LogP contribution in [0.2, 0.25) is 0 Å². The molecule has 15 amide bonds. The van der Waals surface area contributed by atoms with Gasteiger partial charge in [0.25, 0.3) is 0 Å². The van der Waals surface area contributed by atoms with Gasteiger partial charge in [-0.25, -0.2) is 0 Å². The molecule has 3 aliphatic heterocycles. The van der Waals surface area contributed by atoms with Gasteiger partial charge in [0.2, 0.25) is 88.6 Å². The van der Waals surface area contributed by atoms with E-state index < -0.39 is 247 Å². The Morgan fingerprint density at radius 2 is 1.15 bits per heavy atom. The highest BCUT2D eigenvalue weighted by Crippen LogP contribution is 2.32. The molecular formula is C95H131N21O20S. The number of carbonyl (C=O) groups is 17. The number of aliphatic hydroxyl groups excluding tert-OH is 2. The van der Waals surface area contributed by atoms with Crippen molar-refractivity contribution in [2.45, 2.75) is 235 Å². The average molecular weight is 1920 g/mol.